The Hall–Kier alpha value is -2.64. The summed E-state index contributed by atoms with van der Waals surface area (Å²) in [6.07, 6.45) is 1.42. The van der Waals surface area contributed by atoms with Crippen LogP contribution in [-0.4, -0.2) is 56.1 Å². The molecule has 0 aliphatic carbocycles. The van der Waals surface area contributed by atoms with Crippen LogP contribution in [0.3, 0.4) is 0 Å². The second kappa shape index (κ2) is 9.34. The summed E-state index contributed by atoms with van der Waals surface area (Å²) < 4.78 is 10.4. The third-order valence-electron chi connectivity index (χ3n) is 4.51. The molecule has 144 valence electrons. The molecule has 0 bridgehead atoms. The van der Waals surface area contributed by atoms with Gasteiger partial charge in [0.2, 0.25) is 5.91 Å². The Labute approximate surface area is 158 Å². The number of carbonyl (C=O) groups excluding carboxylic acids is 2. The van der Waals surface area contributed by atoms with E-state index >= 15 is 0 Å². The van der Waals surface area contributed by atoms with E-state index in [9.17, 15) is 9.59 Å². The van der Waals surface area contributed by atoms with Gasteiger partial charge in [-0.1, -0.05) is 29.8 Å². The average molecular weight is 371 g/mol. The van der Waals surface area contributed by atoms with Crippen molar-refractivity contribution in [3.05, 3.63) is 59.5 Å². The largest absolute Gasteiger partial charge is 0.459 e. The van der Waals surface area contributed by atoms with E-state index in [2.05, 4.69) is 15.5 Å². The lowest BCUT2D eigenvalue weighted by Gasteiger charge is -2.31. The standard InChI is InChI=1S/C20H25N3O4/c1-15-4-6-16(7-5-15)17(14-23-8-11-26-12-9-23)22-19(24)13-21-20(25)18-3-2-10-27-18/h2-7,10,17H,8-9,11-14H2,1H3,(H,21,25)(H,22,24)/t17-/m0/s1. The highest BCUT2D eigenvalue weighted by Gasteiger charge is 2.20. The molecule has 27 heavy (non-hydrogen) atoms. The maximum absolute atomic E-state index is 12.4. The van der Waals surface area contributed by atoms with Gasteiger partial charge in [-0.3, -0.25) is 14.5 Å². The molecule has 0 unspecified atom stereocenters. The molecule has 1 atom stereocenters. The van der Waals surface area contributed by atoms with Gasteiger partial charge < -0.3 is 19.8 Å². The molecule has 1 aliphatic heterocycles. The van der Waals surface area contributed by atoms with Crippen LogP contribution in [0, 0.1) is 6.92 Å². The second-order valence-corrected chi connectivity index (χ2v) is 6.60. The van der Waals surface area contributed by atoms with Gasteiger partial charge in [0.15, 0.2) is 5.76 Å². The lowest BCUT2D eigenvalue weighted by Crippen LogP contribution is -2.45. The number of furan rings is 1. The Kier molecular flexibility index (Phi) is 6.62. The molecule has 1 aliphatic rings. The molecule has 1 fully saturated rings. The van der Waals surface area contributed by atoms with E-state index in [4.69, 9.17) is 9.15 Å². The Bertz CT molecular complexity index is 737. The van der Waals surface area contributed by atoms with Crippen molar-refractivity contribution in [1.29, 1.82) is 0 Å². The molecule has 0 spiro atoms. The highest BCUT2D eigenvalue weighted by atomic mass is 16.5. The summed E-state index contributed by atoms with van der Waals surface area (Å²) >= 11 is 0. The minimum atomic E-state index is -0.407. The monoisotopic (exact) mass is 371 g/mol. The topological polar surface area (TPSA) is 83.8 Å². The summed E-state index contributed by atoms with van der Waals surface area (Å²) in [5, 5.41) is 5.61. The van der Waals surface area contributed by atoms with Crippen molar-refractivity contribution in [2.75, 3.05) is 39.4 Å². The predicted molar refractivity (Wildman–Crippen MR) is 100 cm³/mol. The summed E-state index contributed by atoms with van der Waals surface area (Å²) in [5.41, 5.74) is 2.21. The van der Waals surface area contributed by atoms with Crippen LogP contribution in [0.4, 0.5) is 0 Å². The van der Waals surface area contributed by atoms with Crippen LogP contribution >= 0.6 is 0 Å². The molecule has 2 N–H and O–H groups in total. The number of amides is 2. The molecular formula is C20H25N3O4. The van der Waals surface area contributed by atoms with Crippen LogP contribution < -0.4 is 10.6 Å². The van der Waals surface area contributed by atoms with Gasteiger partial charge in [-0.25, -0.2) is 0 Å². The fraction of sp³-hybridized carbons (Fsp3) is 0.400. The summed E-state index contributed by atoms with van der Waals surface area (Å²) in [7, 11) is 0. The van der Waals surface area contributed by atoms with Crippen LogP contribution in [0.2, 0.25) is 0 Å². The minimum Gasteiger partial charge on any atom is -0.459 e. The number of nitrogens with zero attached hydrogens (tertiary/aromatic N) is 1. The van der Waals surface area contributed by atoms with Crippen molar-refractivity contribution < 1.29 is 18.7 Å². The first kappa shape index (κ1) is 19.1. The fourth-order valence-corrected chi connectivity index (χ4v) is 2.98. The molecule has 2 amide bonds. The van der Waals surface area contributed by atoms with Crippen molar-refractivity contribution >= 4 is 11.8 Å². The van der Waals surface area contributed by atoms with E-state index in [0.29, 0.717) is 19.8 Å². The van der Waals surface area contributed by atoms with E-state index < -0.39 is 5.91 Å². The normalized spacial score (nSPS) is 15.9. The maximum atomic E-state index is 12.4. The number of rotatable bonds is 7. The fourth-order valence-electron chi connectivity index (χ4n) is 2.98. The number of nitrogens with one attached hydrogen (secondary N) is 2. The summed E-state index contributed by atoms with van der Waals surface area (Å²) in [4.78, 5) is 26.6. The third kappa shape index (κ3) is 5.67. The molecule has 1 aromatic heterocycles. The molecule has 0 saturated carbocycles. The Morgan fingerprint density at radius 2 is 1.89 bits per heavy atom. The Morgan fingerprint density at radius 3 is 2.56 bits per heavy atom. The number of morpholine rings is 1. The summed E-state index contributed by atoms with van der Waals surface area (Å²) in [6.45, 7) is 5.71. The molecule has 1 aromatic carbocycles. The SMILES string of the molecule is Cc1ccc([C@H](CN2CCOCC2)NC(=O)CNC(=O)c2ccco2)cc1. The number of aryl methyl sites for hydroxylation is 1. The molecule has 7 nitrogen and oxygen atoms in total. The lowest BCUT2D eigenvalue weighted by atomic mass is 10.0. The van der Waals surface area contributed by atoms with E-state index in [0.717, 1.165) is 18.7 Å². The van der Waals surface area contributed by atoms with Gasteiger partial charge in [-0.2, -0.15) is 0 Å². The van der Waals surface area contributed by atoms with Gasteiger partial charge in [0.1, 0.15) is 0 Å². The summed E-state index contributed by atoms with van der Waals surface area (Å²) in [5.74, 6) is -0.463. The van der Waals surface area contributed by atoms with Crippen LogP contribution in [-0.2, 0) is 9.53 Å². The van der Waals surface area contributed by atoms with E-state index in [1.54, 1.807) is 12.1 Å². The van der Waals surface area contributed by atoms with Crippen molar-refractivity contribution in [1.82, 2.24) is 15.5 Å². The van der Waals surface area contributed by atoms with Crippen LogP contribution in [0.25, 0.3) is 0 Å². The van der Waals surface area contributed by atoms with Gasteiger partial charge in [-0.15, -0.1) is 0 Å². The predicted octanol–water partition coefficient (Wildman–Crippen LogP) is 1.51. The Morgan fingerprint density at radius 1 is 1.15 bits per heavy atom. The second-order valence-electron chi connectivity index (χ2n) is 6.60. The van der Waals surface area contributed by atoms with Crippen molar-refractivity contribution in [2.45, 2.75) is 13.0 Å². The van der Waals surface area contributed by atoms with Gasteiger partial charge in [0.25, 0.3) is 5.91 Å². The number of hydrogen-bond acceptors (Lipinski definition) is 5. The van der Waals surface area contributed by atoms with Crippen molar-refractivity contribution in [3.8, 4) is 0 Å². The zero-order valence-corrected chi connectivity index (χ0v) is 15.4. The Balaban J connectivity index is 1.60. The smallest absolute Gasteiger partial charge is 0.287 e. The number of carbonyl (C=O) groups is 2. The third-order valence-corrected chi connectivity index (χ3v) is 4.51. The van der Waals surface area contributed by atoms with Gasteiger partial charge >= 0.3 is 0 Å². The first-order chi connectivity index (χ1) is 13.1. The number of benzene rings is 1. The van der Waals surface area contributed by atoms with Gasteiger partial charge in [0.05, 0.1) is 32.1 Å². The molecule has 7 heteroatoms. The van der Waals surface area contributed by atoms with Crippen molar-refractivity contribution in [2.24, 2.45) is 0 Å². The highest BCUT2D eigenvalue weighted by Crippen LogP contribution is 2.16. The first-order valence-electron chi connectivity index (χ1n) is 9.09. The molecule has 0 radical (unpaired) electrons. The zero-order chi connectivity index (χ0) is 19.1. The number of ether oxygens (including phenoxy) is 1. The van der Waals surface area contributed by atoms with Crippen LogP contribution in [0.1, 0.15) is 27.7 Å². The molecule has 3 rings (SSSR count). The number of hydrogen-bond donors (Lipinski definition) is 2. The van der Waals surface area contributed by atoms with Crippen LogP contribution in [0.5, 0.6) is 0 Å². The first-order valence-corrected chi connectivity index (χ1v) is 9.09. The molecular weight excluding hydrogens is 346 g/mol. The van der Waals surface area contributed by atoms with E-state index in [1.165, 1.54) is 11.8 Å². The molecule has 2 aromatic rings. The lowest BCUT2D eigenvalue weighted by molar-refractivity contribution is -0.121. The average Bonchev–Trinajstić information content (AvgIpc) is 3.22. The molecule has 2 heterocycles. The summed E-state index contributed by atoms with van der Waals surface area (Å²) in [6, 6.07) is 11.2. The quantitative estimate of drug-likeness (QED) is 0.771. The minimum absolute atomic E-state index is 0.106. The zero-order valence-electron chi connectivity index (χ0n) is 15.4. The van der Waals surface area contributed by atoms with Gasteiger partial charge in [0, 0.05) is 19.6 Å². The van der Waals surface area contributed by atoms with E-state index in [1.807, 2.05) is 31.2 Å². The highest BCUT2D eigenvalue weighted by molar-refractivity contribution is 5.94. The van der Waals surface area contributed by atoms with Gasteiger partial charge in [-0.05, 0) is 24.6 Å². The van der Waals surface area contributed by atoms with Crippen molar-refractivity contribution in [3.63, 3.8) is 0 Å². The maximum Gasteiger partial charge on any atom is 0.287 e. The van der Waals surface area contributed by atoms with E-state index in [-0.39, 0.29) is 24.3 Å². The van der Waals surface area contributed by atoms with Crippen LogP contribution in [0.15, 0.2) is 47.1 Å². The molecule has 1 saturated heterocycles.